The predicted octanol–water partition coefficient (Wildman–Crippen LogP) is 2.03. The smallest absolute Gasteiger partial charge is 0.335 e. The lowest BCUT2D eigenvalue weighted by atomic mass is 9.82. The number of carbonyl (C=O) groups excluding carboxylic acids is 1. The van der Waals surface area contributed by atoms with Crippen LogP contribution in [0, 0.1) is 11.8 Å². The van der Waals surface area contributed by atoms with E-state index in [1.54, 1.807) is 23.2 Å². The van der Waals surface area contributed by atoms with Crippen LogP contribution in [0.5, 0.6) is 0 Å². The highest BCUT2D eigenvalue weighted by Crippen LogP contribution is 2.35. The first-order chi connectivity index (χ1) is 17.3. The minimum Gasteiger partial charge on any atom is -0.481 e. The van der Waals surface area contributed by atoms with Crippen molar-refractivity contribution in [2.45, 2.75) is 50.7 Å². The Balaban J connectivity index is 1.25. The number of hydrogen-bond acceptors (Lipinski definition) is 8. The molecule has 2 atom stereocenters. The molecular formula is C25H30N6O5. The Kier molecular flexibility index (Phi) is 6.59. The number of aromatic carboxylic acids is 1. The fraction of sp³-hybridized carbons (Fsp3) is 0.480. The highest BCUT2D eigenvalue weighted by molar-refractivity contribution is 5.99. The number of amides is 1. The van der Waals surface area contributed by atoms with Crippen molar-refractivity contribution in [3.63, 3.8) is 0 Å². The molecular weight excluding hydrogens is 464 g/mol. The van der Waals surface area contributed by atoms with Crippen LogP contribution in [0.4, 0.5) is 5.69 Å². The monoisotopic (exact) mass is 494 g/mol. The van der Waals surface area contributed by atoms with Gasteiger partial charge in [0.25, 0.3) is 5.91 Å². The molecule has 190 valence electrons. The minimum atomic E-state index is -0.964. The van der Waals surface area contributed by atoms with Crippen LogP contribution in [-0.4, -0.2) is 51.6 Å². The number of hydrogen-bond donors (Lipinski definition) is 5. The molecule has 3 aliphatic rings. The Morgan fingerprint density at radius 3 is 2.61 bits per heavy atom. The molecule has 1 aliphatic heterocycles. The molecule has 2 aliphatic carbocycles. The summed E-state index contributed by atoms with van der Waals surface area (Å²) in [5.41, 5.74) is 6.99. The molecule has 1 saturated carbocycles. The Morgan fingerprint density at radius 1 is 1.11 bits per heavy atom. The highest BCUT2D eigenvalue weighted by atomic mass is 16.4. The normalized spacial score (nSPS) is 24.8. The van der Waals surface area contributed by atoms with Gasteiger partial charge >= 0.3 is 11.9 Å². The van der Waals surface area contributed by atoms with E-state index < -0.39 is 11.9 Å². The number of fused-ring (bicyclic) bond motifs is 2. The maximum absolute atomic E-state index is 13.3. The van der Waals surface area contributed by atoms with Crippen molar-refractivity contribution in [2.24, 2.45) is 11.8 Å². The van der Waals surface area contributed by atoms with Gasteiger partial charge in [0.1, 0.15) is 23.9 Å². The third-order valence-electron chi connectivity index (χ3n) is 7.58. The zero-order chi connectivity index (χ0) is 25.4. The van der Waals surface area contributed by atoms with Crippen molar-refractivity contribution < 1.29 is 24.6 Å². The van der Waals surface area contributed by atoms with Crippen molar-refractivity contribution in [2.75, 3.05) is 18.6 Å². The Labute approximate surface area is 208 Å². The number of hydrazine groups is 1. The molecule has 0 saturated heterocycles. The van der Waals surface area contributed by atoms with E-state index in [0.29, 0.717) is 43.0 Å². The summed E-state index contributed by atoms with van der Waals surface area (Å²) in [5.74, 6) is -1.82. The first-order valence-electron chi connectivity index (χ1n) is 12.3. The molecule has 36 heavy (non-hydrogen) atoms. The first kappa shape index (κ1) is 24.1. The maximum Gasteiger partial charge on any atom is 0.335 e. The molecule has 5 rings (SSSR count). The number of carboxylic acids is 2. The summed E-state index contributed by atoms with van der Waals surface area (Å²) in [4.78, 5) is 44.4. The minimum absolute atomic E-state index is 0.213. The van der Waals surface area contributed by atoms with E-state index in [-0.39, 0.29) is 35.3 Å². The summed E-state index contributed by atoms with van der Waals surface area (Å²) < 4.78 is 0. The molecule has 1 amide bonds. The molecule has 1 fully saturated rings. The van der Waals surface area contributed by atoms with Crippen LogP contribution in [0.2, 0.25) is 0 Å². The Bertz CT molecular complexity index is 1200. The highest BCUT2D eigenvalue weighted by Gasteiger charge is 2.35. The van der Waals surface area contributed by atoms with Crippen molar-refractivity contribution >= 4 is 23.5 Å². The lowest BCUT2D eigenvalue weighted by Gasteiger charge is -2.27. The van der Waals surface area contributed by atoms with Gasteiger partial charge in [-0.15, -0.1) is 0 Å². The zero-order valence-corrected chi connectivity index (χ0v) is 20.0. The molecule has 0 radical (unpaired) electrons. The summed E-state index contributed by atoms with van der Waals surface area (Å²) in [6.45, 7) is 0.722. The number of benzene rings is 1. The van der Waals surface area contributed by atoms with E-state index in [0.717, 1.165) is 30.5 Å². The van der Waals surface area contributed by atoms with Gasteiger partial charge in [-0.05, 0) is 74.2 Å². The van der Waals surface area contributed by atoms with E-state index in [1.165, 1.54) is 6.33 Å². The van der Waals surface area contributed by atoms with Gasteiger partial charge < -0.3 is 20.5 Å². The summed E-state index contributed by atoms with van der Waals surface area (Å²) in [7, 11) is 1.82. The van der Waals surface area contributed by atoms with Crippen LogP contribution in [0.15, 0.2) is 24.5 Å². The standard InChI is InChI=1S/C25H30N6O5/c1-31-21-19(22(30-31)26-11-13-2-4-14(5-3-13)24(33)34)27-12-28-20(21)23(32)29-18-9-7-15-10-16(25(35)36)6-8-17(15)18/h6,8,10,12-14,18,22,26,30H,2-5,7,9,11H2,1H3,(H,29,32)(H,33,34)(H,35,36)/t13?,14?,18-,22?/m0/s1. The predicted molar refractivity (Wildman–Crippen MR) is 129 cm³/mol. The van der Waals surface area contributed by atoms with E-state index in [4.69, 9.17) is 0 Å². The van der Waals surface area contributed by atoms with E-state index in [1.807, 2.05) is 7.05 Å². The number of carboxylic acid groups (broad SMARTS) is 2. The van der Waals surface area contributed by atoms with Crippen molar-refractivity contribution in [1.29, 1.82) is 0 Å². The van der Waals surface area contributed by atoms with Crippen LogP contribution >= 0.6 is 0 Å². The zero-order valence-electron chi connectivity index (χ0n) is 20.0. The summed E-state index contributed by atoms with van der Waals surface area (Å²) in [6, 6.07) is 4.80. The average molecular weight is 495 g/mol. The molecule has 11 heteroatoms. The topological polar surface area (TPSA) is 157 Å². The number of anilines is 1. The van der Waals surface area contributed by atoms with Gasteiger partial charge in [-0.1, -0.05) is 6.07 Å². The van der Waals surface area contributed by atoms with Gasteiger partial charge in [0.2, 0.25) is 0 Å². The van der Waals surface area contributed by atoms with Crippen molar-refractivity contribution in [3.05, 3.63) is 52.6 Å². The summed E-state index contributed by atoms with van der Waals surface area (Å²) >= 11 is 0. The quantitative estimate of drug-likeness (QED) is 0.386. The SMILES string of the molecule is CN1NC(NCC2CCC(C(=O)O)CC2)c2ncnc(C(=O)N[C@H]3CCc4cc(C(=O)O)ccc43)c21. The van der Waals surface area contributed by atoms with Crippen LogP contribution in [-0.2, 0) is 11.2 Å². The molecule has 1 unspecified atom stereocenters. The summed E-state index contributed by atoms with van der Waals surface area (Å²) in [5, 5.41) is 26.7. The van der Waals surface area contributed by atoms with Crippen LogP contribution in [0.1, 0.15) is 82.0 Å². The van der Waals surface area contributed by atoms with E-state index in [2.05, 4.69) is 26.0 Å². The lowest BCUT2D eigenvalue weighted by molar-refractivity contribution is -0.143. The number of aliphatic carboxylic acids is 1. The number of nitrogens with one attached hydrogen (secondary N) is 3. The molecule has 2 aromatic rings. The number of nitrogens with zero attached hydrogens (tertiary/aromatic N) is 3. The third kappa shape index (κ3) is 4.63. The van der Waals surface area contributed by atoms with Crippen LogP contribution in [0.25, 0.3) is 0 Å². The van der Waals surface area contributed by atoms with E-state index >= 15 is 0 Å². The largest absolute Gasteiger partial charge is 0.481 e. The second-order valence-electron chi connectivity index (χ2n) is 9.82. The molecule has 5 N–H and O–H groups in total. The van der Waals surface area contributed by atoms with Gasteiger partial charge in [-0.2, -0.15) is 0 Å². The van der Waals surface area contributed by atoms with Crippen LogP contribution in [0.3, 0.4) is 0 Å². The number of rotatable bonds is 7. The number of aryl methyl sites for hydroxylation is 1. The molecule has 0 spiro atoms. The van der Waals surface area contributed by atoms with Crippen molar-refractivity contribution in [1.82, 2.24) is 26.0 Å². The maximum atomic E-state index is 13.3. The molecule has 11 nitrogen and oxygen atoms in total. The number of aromatic nitrogens is 2. The van der Waals surface area contributed by atoms with Gasteiger partial charge in [-0.3, -0.25) is 14.9 Å². The summed E-state index contributed by atoms with van der Waals surface area (Å²) in [6.07, 6.45) is 5.64. The Morgan fingerprint density at radius 2 is 1.89 bits per heavy atom. The molecule has 1 aromatic carbocycles. The van der Waals surface area contributed by atoms with Crippen molar-refractivity contribution in [3.8, 4) is 0 Å². The molecule has 2 heterocycles. The third-order valence-corrected chi connectivity index (χ3v) is 7.58. The fourth-order valence-electron chi connectivity index (χ4n) is 5.59. The Hall–Kier alpha value is -3.57. The van der Waals surface area contributed by atoms with E-state index in [9.17, 15) is 24.6 Å². The van der Waals surface area contributed by atoms with Crippen LogP contribution < -0.4 is 21.1 Å². The second-order valence-corrected chi connectivity index (χ2v) is 9.82. The van der Waals surface area contributed by atoms with Gasteiger partial charge in [0.05, 0.1) is 17.5 Å². The van der Waals surface area contributed by atoms with Gasteiger partial charge in [0, 0.05) is 7.05 Å². The molecule has 0 bridgehead atoms. The van der Waals surface area contributed by atoms with Gasteiger partial charge in [0.15, 0.2) is 5.69 Å². The lowest BCUT2D eigenvalue weighted by Crippen LogP contribution is -2.40. The molecule has 1 aromatic heterocycles. The second kappa shape index (κ2) is 9.82. The fourth-order valence-corrected chi connectivity index (χ4v) is 5.59. The first-order valence-corrected chi connectivity index (χ1v) is 12.3. The van der Waals surface area contributed by atoms with Gasteiger partial charge in [-0.25, -0.2) is 20.2 Å². The number of carbonyl (C=O) groups is 3. The average Bonchev–Trinajstić information content (AvgIpc) is 3.42.